The maximum Gasteiger partial charge on any atom is 0.149 e. The van der Waals surface area contributed by atoms with Gasteiger partial charge in [0.2, 0.25) is 0 Å². The first-order chi connectivity index (χ1) is 7.75. The predicted molar refractivity (Wildman–Crippen MR) is 65.4 cm³/mol. The van der Waals surface area contributed by atoms with Gasteiger partial charge in [-0.05, 0) is 25.9 Å². The minimum absolute atomic E-state index is 0.477. The van der Waals surface area contributed by atoms with Crippen molar-refractivity contribution in [3.8, 4) is 0 Å². The third-order valence-corrected chi connectivity index (χ3v) is 2.98. The van der Waals surface area contributed by atoms with Crippen LogP contribution in [0.3, 0.4) is 0 Å². The SMILES string of the molecule is CN(CCN1CCCC1)c1cncc(N)n1. The Balaban J connectivity index is 1.85. The van der Waals surface area contributed by atoms with Gasteiger partial charge in [-0.15, -0.1) is 0 Å². The van der Waals surface area contributed by atoms with E-state index in [0.717, 1.165) is 18.9 Å². The Kier molecular flexibility index (Phi) is 3.56. The molecule has 0 radical (unpaired) electrons. The van der Waals surface area contributed by atoms with Crippen molar-refractivity contribution in [3.05, 3.63) is 12.4 Å². The second kappa shape index (κ2) is 5.12. The Labute approximate surface area is 96.3 Å². The van der Waals surface area contributed by atoms with Gasteiger partial charge in [-0.25, -0.2) is 4.98 Å². The van der Waals surface area contributed by atoms with Crippen LogP contribution in [0.2, 0.25) is 0 Å². The lowest BCUT2D eigenvalue weighted by molar-refractivity contribution is 0.346. The van der Waals surface area contributed by atoms with E-state index in [1.165, 1.54) is 25.9 Å². The van der Waals surface area contributed by atoms with Gasteiger partial charge in [0, 0.05) is 20.1 Å². The van der Waals surface area contributed by atoms with Crippen LogP contribution in [0.4, 0.5) is 11.6 Å². The number of hydrogen-bond acceptors (Lipinski definition) is 5. The third kappa shape index (κ3) is 2.82. The Morgan fingerprint density at radius 3 is 2.81 bits per heavy atom. The zero-order chi connectivity index (χ0) is 11.4. The van der Waals surface area contributed by atoms with Gasteiger partial charge in [-0.2, -0.15) is 0 Å². The molecule has 2 rings (SSSR count). The minimum atomic E-state index is 0.477. The van der Waals surface area contributed by atoms with Crippen LogP contribution in [-0.4, -0.2) is 48.1 Å². The summed E-state index contributed by atoms with van der Waals surface area (Å²) in [6, 6.07) is 0. The van der Waals surface area contributed by atoms with E-state index >= 15 is 0 Å². The van der Waals surface area contributed by atoms with Crippen LogP contribution < -0.4 is 10.6 Å². The highest BCUT2D eigenvalue weighted by molar-refractivity contribution is 5.40. The fourth-order valence-electron chi connectivity index (χ4n) is 1.97. The maximum absolute atomic E-state index is 5.60. The van der Waals surface area contributed by atoms with E-state index < -0.39 is 0 Å². The molecule has 5 nitrogen and oxygen atoms in total. The van der Waals surface area contributed by atoms with Crippen LogP contribution >= 0.6 is 0 Å². The van der Waals surface area contributed by atoms with Gasteiger partial charge < -0.3 is 15.5 Å². The van der Waals surface area contributed by atoms with Gasteiger partial charge in [0.05, 0.1) is 12.4 Å². The first kappa shape index (κ1) is 11.1. The number of aromatic nitrogens is 2. The van der Waals surface area contributed by atoms with Crippen molar-refractivity contribution in [1.29, 1.82) is 0 Å². The molecule has 1 aromatic heterocycles. The number of hydrogen-bond donors (Lipinski definition) is 1. The van der Waals surface area contributed by atoms with Crippen LogP contribution in [0, 0.1) is 0 Å². The fraction of sp³-hybridized carbons (Fsp3) is 0.636. The van der Waals surface area contributed by atoms with Crippen molar-refractivity contribution >= 4 is 11.6 Å². The molecule has 1 aliphatic heterocycles. The summed E-state index contributed by atoms with van der Waals surface area (Å²) in [4.78, 5) is 12.9. The van der Waals surface area contributed by atoms with Gasteiger partial charge in [0.25, 0.3) is 0 Å². The Hall–Kier alpha value is -1.36. The van der Waals surface area contributed by atoms with Gasteiger partial charge in [0.1, 0.15) is 11.6 Å². The van der Waals surface area contributed by atoms with Gasteiger partial charge >= 0.3 is 0 Å². The molecule has 2 heterocycles. The predicted octanol–water partition coefficient (Wildman–Crippen LogP) is 0.591. The minimum Gasteiger partial charge on any atom is -0.382 e. The van der Waals surface area contributed by atoms with Crippen molar-refractivity contribution in [2.24, 2.45) is 0 Å². The second-order valence-corrected chi connectivity index (χ2v) is 4.27. The first-order valence-electron chi connectivity index (χ1n) is 5.77. The summed E-state index contributed by atoms with van der Waals surface area (Å²) in [7, 11) is 2.03. The summed E-state index contributed by atoms with van der Waals surface area (Å²) in [5.74, 6) is 1.32. The number of nitrogen functional groups attached to an aromatic ring is 1. The molecule has 0 aliphatic carbocycles. The quantitative estimate of drug-likeness (QED) is 0.806. The summed E-state index contributed by atoms with van der Waals surface area (Å²) in [6.07, 6.45) is 5.99. The van der Waals surface area contributed by atoms with E-state index in [0.29, 0.717) is 5.82 Å². The molecule has 2 N–H and O–H groups in total. The third-order valence-electron chi connectivity index (χ3n) is 2.98. The van der Waals surface area contributed by atoms with E-state index in [1.54, 1.807) is 12.4 Å². The summed E-state index contributed by atoms with van der Waals surface area (Å²) < 4.78 is 0. The lowest BCUT2D eigenvalue weighted by atomic mass is 10.4. The zero-order valence-corrected chi connectivity index (χ0v) is 9.76. The average Bonchev–Trinajstić information content (AvgIpc) is 2.78. The standard InChI is InChI=1S/C11H19N5/c1-15(6-7-16-4-2-3-5-16)11-9-13-8-10(12)14-11/h8-9H,2-7H2,1H3,(H2,12,14). The van der Waals surface area contributed by atoms with Crippen molar-refractivity contribution in [1.82, 2.24) is 14.9 Å². The van der Waals surface area contributed by atoms with E-state index in [9.17, 15) is 0 Å². The van der Waals surface area contributed by atoms with E-state index in [1.807, 2.05) is 7.05 Å². The molecule has 1 aromatic rings. The summed E-state index contributed by atoms with van der Waals surface area (Å²) in [6.45, 7) is 4.53. The van der Waals surface area contributed by atoms with Crippen molar-refractivity contribution < 1.29 is 0 Å². The number of likely N-dealkylation sites (N-methyl/N-ethyl adjacent to an activating group) is 1. The molecule has 0 atom stereocenters. The Morgan fingerprint density at radius 2 is 2.12 bits per heavy atom. The number of nitrogens with two attached hydrogens (primary N) is 1. The van der Waals surface area contributed by atoms with E-state index in [-0.39, 0.29) is 0 Å². The van der Waals surface area contributed by atoms with Crippen molar-refractivity contribution in [2.45, 2.75) is 12.8 Å². The molecule has 0 aromatic carbocycles. The molecule has 1 fully saturated rings. The van der Waals surface area contributed by atoms with Gasteiger partial charge in [0.15, 0.2) is 0 Å². The van der Waals surface area contributed by atoms with Crippen LogP contribution in [0.5, 0.6) is 0 Å². The molecule has 1 saturated heterocycles. The highest BCUT2D eigenvalue weighted by Crippen LogP contribution is 2.10. The molecule has 0 amide bonds. The summed E-state index contributed by atoms with van der Waals surface area (Å²) >= 11 is 0. The molecule has 88 valence electrons. The lowest BCUT2D eigenvalue weighted by Crippen LogP contribution is -2.31. The number of anilines is 2. The van der Waals surface area contributed by atoms with Crippen LogP contribution in [0.25, 0.3) is 0 Å². The smallest absolute Gasteiger partial charge is 0.149 e. The molecule has 0 saturated carbocycles. The number of nitrogens with zero attached hydrogens (tertiary/aromatic N) is 4. The number of likely N-dealkylation sites (tertiary alicyclic amines) is 1. The maximum atomic E-state index is 5.60. The summed E-state index contributed by atoms with van der Waals surface area (Å²) in [5, 5.41) is 0. The lowest BCUT2D eigenvalue weighted by Gasteiger charge is -2.22. The van der Waals surface area contributed by atoms with Gasteiger partial charge in [-0.3, -0.25) is 4.98 Å². The van der Waals surface area contributed by atoms with Crippen molar-refractivity contribution in [2.75, 3.05) is 43.9 Å². The molecule has 1 aliphatic rings. The molecular weight excluding hydrogens is 202 g/mol. The second-order valence-electron chi connectivity index (χ2n) is 4.27. The molecule has 0 unspecified atom stereocenters. The summed E-state index contributed by atoms with van der Waals surface area (Å²) in [5.41, 5.74) is 5.60. The molecule has 5 heteroatoms. The van der Waals surface area contributed by atoms with Gasteiger partial charge in [-0.1, -0.05) is 0 Å². The van der Waals surface area contributed by atoms with Crippen LogP contribution in [0.15, 0.2) is 12.4 Å². The largest absolute Gasteiger partial charge is 0.382 e. The van der Waals surface area contributed by atoms with Crippen LogP contribution in [-0.2, 0) is 0 Å². The molecular formula is C11H19N5. The number of rotatable bonds is 4. The highest BCUT2D eigenvalue weighted by atomic mass is 15.2. The van der Waals surface area contributed by atoms with Crippen LogP contribution in [0.1, 0.15) is 12.8 Å². The van der Waals surface area contributed by atoms with E-state index in [4.69, 9.17) is 5.73 Å². The topological polar surface area (TPSA) is 58.3 Å². The normalized spacial score (nSPS) is 16.6. The highest BCUT2D eigenvalue weighted by Gasteiger charge is 2.12. The zero-order valence-electron chi connectivity index (χ0n) is 9.76. The van der Waals surface area contributed by atoms with E-state index in [2.05, 4.69) is 19.8 Å². The fourth-order valence-corrected chi connectivity index (χ4v) is 1.97. The molecule has 16 heavy (non-hydrogen) atoms. The average molecular weight is 221 g/mol. The molecule has 0 bridgehead atoms. The first-order valence-corrected chi connectivity index (χ1v) is 5.77. The molecule has 0 spiro atoms. The Bertz CT molecular complexity index is 335. The Morgan fingerprint density at radius 1 is 1.38 bits per heavy atom. The monoisotopic (exact) mass is 221 g/mol. The van der Waals surface area contributed by atoms with Crippen molar-refractivity contribution in [3.63, 3.8) is 0 Å².